The summed E-state index contributed by atoms with van der Waals surface area (Å²) in [7, 11) is 0. The molecule has 0 radical (unpaired) electrons. The molecule has 1 aliphatic rings. The molecule has 0 saturated carbocycles. The normalized spacial score (nSPS) is 21.3. The maximum atomic E-state index is 13.9. The van der Waals surface area contributed by atoms with Crippen LogP contribution >= 0.6 is 11.6 Å². The van der Waals surface area contributed by atoms with Gasteiger partial charge in [-0.3, -0.25) is 9.79 Å². The first kappa shape index (κ1) is 18.3. The Morgan fingerprint density at radius 3 is 2.50 bits per heavy atom. The number of benzene rings is 1. The molecule has 4 rings (SSSR count). The summed E-state index contributed by atoms with van der Waals surface area (Å²) in [5, 5.41) is 3.58. The molecule has 0 fully saturated rings. The minimum absolute atomic E-state index is 0.269. The molecule has 0 saturated heterocycles. The number of nitrogens with one attached hydrogen (secondary N) is 2. The van der Waals surface area contributed by atoms with Gasteiger partial charge < -0.3 is 10.3 Å². The van der Waals surface area contributed by atoms with Crippen molar-refractivity contribution in [2.45, 2.75) is 18.5 Å². The van der Waals surface area contributed by atoms with Gasteiger partial charge in [-0.05, 0) is 48.4 Å². The van der Waals surface area contributed by atoms with E-state index in [2.05, 4.69) is 20.3 Å². The number of nitrogens with zero attached hydrogens (tertiary/aromatic N) is 2. The highest BCUT2D eigenvalue weighted by Crippen LogP contribution is 2.38. The molecule has 28 heavy (non-hydrogen) atoms. The van der Waals surface area contributed by atoms with Gasteiger partial charge in [-0.15, -0.1) is 0 Å². The van der Waals surface area contributed by atoms with E-state index in [-0.39, 0.29) is 16.4 Å². The summed E-state index contributed by atoms with van der Waals surface area (Å²) in [5.74, 6) is -0.628. The molecule has 142 valence electrons. The molecule has 0 amide bonds. The zero-order chi connectivity index (χ0) is 19.9. The van der Waals surface area contributed by atoms with Crippen LogP contribution in [0.15, 0.2) is 64.5 Å². The Morgan fingerprint density at radius 2 is 1.82 bits per heavy atom. The molecule has 0 aliphatic carbocycles. The van der Waals surface area contributed by atoms with Crippen LogP contribution in [0.4, 0.5) is 8.78 Å². The second kappa shape index (κ2) is 6.83. The van der Waals surface area contributed by atoms with Gasteiger partial charge in [0.15, 0.2) is 0 Å². The van der Waals surface area contributed by atoms with Crippen molar-refractivity contribution in [1.82, 2.24) is 15.3 Å². The molecular formula is C20H15ClF2N4O. The number of aliphatic imine (C=N–C) groups is 1. The maximum Gasteiger partial charge on any atom is 0.249 e. The summed E-state index contributed by atoms with van der Waals surface area (Å²) in [4.78, 5) is 22.8. The van der Waals surface area contributed by atoms with E-state index in [1.165, 1.54) is 30.5 Å². The van der Waals surface area contributed by atoms with E-state index in [9.17, 15) is 13.6 Å². The third kappa shape index (κ3) is 3.07. The Kier molecular flexibility index (Phi) is 4.47. The zero-order valence-electron chi connectivity index (χ0n) is 14.7. The smallest absolute Gasteiger partial charge is 0.249 e. The molecular weight excluding hydrogens is 386 g/mol. The number of H-pyrrole nitrogens is 1. The summed E-state index contributed by atoms with van der Waals surface area (Å²) < 4.78 is 27.4. The lowest BCUT2D eigenvalue weighted by atomic mass is 9.78. The second-order valence-corrected chi connectivity index (χ2v) is 6.97. The fraction of sp³-hybridized carbons (Fsp3) is 0.150. The van der Waals surface area contributed by atoms with E-state index in [0.717, 1.165) is 0 Å². The van der Waals surface area contributed by atoms with E-state index in [0.29, 0.717) is 22.7 Å². The van der Waals surface area contributed by atoms with Crippen LogP contribution in [0.2, 0.25) is 5.02 Å². The van der Waals surface area contributed by atoms with Gasteiger partial charge in [0.25, 0.3) is 0 Å². The minimum Gasteiger partial charge on any atom is -0.353 e. The molecule has 2 aromatic heterocycles. The van der Waals surface area contributed by atoms with Gasteiger partial charge in [-0.2, -0.15) is 4.39 Å². The monoisotopic (exact) mass is 400 g/mol. The molecule has 0 unspecified atom stereocenters. The first-order chi connectivity index (χ1) is 13.4. The van der Waals surface area contributed by atoms with Crippen molar-refractivity contribution in [1.29, 1.82) is 0 Å². The van der Waals surface area contributed by atoms with Crippen molar-refractivity contribution < 1.29 is 8.78 Å². The lowest BCUT2D eigenvalue weighted by Gasteiger charge is -2.35. The lowest BCUT2D eigenvalue weighted by Crippen LogP contribution is -2.48. The molecule has 1 aromatic carbocycles. The number of rotatable bonds is 3. The minimum atomic E-state index is -0.980. The second-order valence-electron chi connectivity index (χ2n) is 6.54. The Labute approximate surface area is 164 Å². The molecule has 1 aliphatic heterocycles. The van der Waals surface area contributed by atoms with Crippen LogP contribution < -0.4 is 10.9 Å². The van der Waals surface area contributed by atoms with E-state index < -0.39 is 17.5 Å². The highest BCUT2D eigenvalue weighted by molar-refractivity contribution is 6.30. The van der Waals surface area contributed by atoms with Crippen LogP contribution in [0, 0.1) is 11.8 Å². The van der Waals surface area contributed by atoms with Gasteiger partial charge in [0.1, 0.15) is 17.2 Å². The van der Waals surface area contributed by atoms with Crippen molar-refractivity contribution in [2.75, 3.05) is 0 Å². The Balaban J connectivity index is 1.88. The average Bonchev–Trinajstić information content (AvgIpc) is 3.00. The van der Waals surface area contributed by atoms with Crippen LogP contribution in [-0.2, 0) is 5.54 Å². The van der Waals surface area contributed by atoms with Crippen LogP contribution in [0.3, 0.4) is 0 Å². The van der Waals surface area contributed by atoms with Gasteiger partial charge in [0.05, 0.1) is 11.7 Å². The Hall–Kier alpha value is -3.06. The zero-order valence-corrected chi connectivity index (χ0v) is 15.5. The highest BCUT2D eigenvalue weighted by atomic mass is 35.5. The fourth-order valence-electron chi connectivity index (χ4n) is 3.54. The number of hydrogen-bond donors (Lipinski definition) is 2. The molecule has 0 bridgehead atoms. The molecule has 8 heteroatoms. The lowest BCUT2D eigenvalue weighted by molar-refractivity contribution is 0.429. The number of hydrogen-bond acceptors (Lipinski definition) is 4. The fourth-order valence-corrected chi connectivity index (χ4v) is 3.75. The number of amidine groups is 1. The summed E-state index contributed by atoms with van der Waals surface area (Å²) in [6, 6.07) is 11.3. The van der Waals surface area contributed by atoms with Crippen LogP contribution in [-0.4, -0.2) is 21.8 Å². The van der Waals surface area contributed by atoms with E-state index >= 15 is 0 Å². The molecule has 5 nitrogen and oxygen atoms in total. The summed E-state index contributed by atoms with van der Waals surface area (Å²) >= 11 is 6.01. The van der Waals surface area contributed by atoms with Crippen molar-refractivity contribution in [3.8, 4) is 0 Å². The number of halogens is 3. The Bertz CT molecular complexity index is 1130. The largest absolute Gasteiger partial charge is 0.353 e. The van der Waals surface area contributed by atoms with Gasteiger partial charge in [-0.25, -0.2) is 9.37 Å². The summed E-state index contributed by atoms with van der Waals surface area (Å²) in [6.07, 6.45) is 1.36. The molecule has 2 N–H and O–H groups in total. The van der Waals surface area contributed by atoms with Gasteiger partial charge >= 0.3 is 0 Å². The van der Waals surface area contributed by atoms with Crippen molar-refractivity contribution in [3.63, 3.8) is 0 Å². The maximum absolute atomic E-state index is 13.9. The number of pyridine rings is 2. The topological polar surface area (TPSA) is 70.1 Å². The first-order valence-electron chi connectivity index (χ1n) is 8.53. The van der Waals surface area contributed by atoms with E-state index in [1.807, 2.05) is 6.92 Å². The van der Waals surface area contributed by atoms with Gasteiger partial charge in [-0.1, -0.05) is 23.7 Å². The standard InChI is InChI=1S/C20H15ClF2N4O/c1-11-20(12-2-4-15(22)5-3-12,13-6-7-24-17(23)8-13)27-19(25-11)16-9-14(21)10-18(28)26-16/h2-11H,1H3,(H,25,27)(H,26,28)/t11-,20+/m0/s1. The molecule has 3 heterocycles. The first-order valence-corrected chi connectivity index (χ1v) is 8.90. The van der Waals surface area contributed by atoms with Gasteiger partial charge in [0.2, 0.25) is 11.5 Å². The van der Waals surface area contributed by atoms with Crippen LogP contribution in [0.5, 0.6) is 0 Å². The number of aromatic amines is 1. The summed E-state index contributed by atoms with van der Waals surface area (Å²) in [5.41, 5.74) is 0.320. The average molecular weight is 401 g/mol. The Morgan fingerprint density at radius 1 is 1.07 bits per heavy atom. The van der Waals surface area contributed by atoms with E-state index in [4.69, 9.17) is 11.6 Å². The molecule has 2 atom stereocenters. The predicted octanol–water partition coefficient (Wildman–Crippen LogP) is 3.38. The summed E-state index contributed by atoms with van der Waals surface area (Å²) in [6.45, 7) is 1.85. The van der Waals surface area contributed by atoms with E-state index in [1.54, 1.807) is 24.3 Å². The third-order valence-electron chi connectivity index (χ3n) is 4.81. The number of aromatic nitrogens is 2. The predicted molar refractivity (Wildman–Crippen MR) is 103 cm³/mol. The SMILES string of the molecule is C[C@@H]1N=C(c2cc(Cl)cc(=O)[nH]2)N[C@]1(c1ccc(F)cc1)c1ccnc(F)c1. The molecule has 0 spiro atoms. The van der Waals surface area contributed by atoms with Crippen molar-refractivity contribution in [2.24, 2.45) is 4.99 Å². The van der Waals surface area contributed by atoms with Gasteiger partial charge in [0, 0.05) is 17.3 Å². The van der Waals surface area contributed by atoms with Crippen molar-refractivity contribution >= 4 is 17.4 Å². The van der Waals surface area contributed by atoms with Crippen LogP contribution in [0.25, 0.3) is 0 Å². The highest BCUT2D eigenvalue weighted by Gasteiger charge is 2.45. The quantitative estimate of drug-likeness (QED) is 0.662. The molecule has 3 aromatic rings. The van der Waals surface area contributed by atoms with Crippen LogP contribution in [0.1, 0.15) is 23.7 Å². The van der Waals surface area contributed by atoms with Crippen molar-refractivity contribution in [3.05, 3.63) is 98.7 Å². The third-order valence-corrected chi connectivity index (χ3v) is 5.03.